The summed E-state index contributed by atoms with van der Waals surface area (Å²) in [4.78, 5) is 4.04. The van der Waals surface area contributed by atoms with E-state index in [9.17, 15) is 0 Å². The van der Waals surface area contributed by atoms with E-state index >= 15 is 0 Å². The second kappa shape index (κ2) is 5.81. The highest BCUT2D eigenvalue weighted by atomic mass is 15.0. The molecule has 1 N–H and O–H groups in total. The standard InChI is InChI=1S/C11H21N3/c1-10(2)8-12-5-4-11(3)14-7-6-13-9-14/h6-7,9-12H,4-5,8H2,1-3H3. The molecule has 0 radical (unpaired) electrons. The van der Waals surface area contributed by atoms with Gasteiger partial charge in [-0.2, -0.15) is 0 Å². The molecule has 0 amide bonds. The van der Waals surface area contributed by atoms with Gasteiger partial charge in [-0.1, -0.05) is 13.8 Å². The van der Waals surface area contributed by atoms with Crippen molar-refractivity contribution in [1.29, 1.82) is 0 Å². The third kappa shape index (κ3) is 3.92. The fraction of sp³-hybridized carbons (Fsp3) is 0.727. The smallest absolute Gasteiger partial charge is 0.0948 e. The summed E-state index contributed by atoms with van der Waals surface area (Å²) in [7, 11) is 0. The highest BCUT2D eigenvalue weighted by molar-refractivity contribution is 4.78. The molecule has 0 aliphatic rings. The van der Waals surface area contributed by atoms with Gasteiger partial charge in [0.15, 0.2) is 0 Å². The maximum absolute atomic E-state index is 4.04. The number of nitrogens with one attached hydrogen (secondary N) is 1. The highest BCUT2D eigenvalue weighted by Crippen LogP contribution is 2.07. The predicted molar refractivity (Wildman–Crippen MR) is 59.3 cm³/mol. The van der Waals surface area contributed by atoms with Crippen LogP contribution in [0.2, 0.25) is 0 Å². The molecule has 1 aromatic heterocycles. The van der Waals surface area contributed by atoms with Gasteiger partial charge in [0.25, 0.3) is 0 Å². The molecule has 1 heterocycles. The van der Waals surface area contributed by atoms with E-state index in [4.69, 9.17) is 0 Å². The number of hydrogen-bond acceptors (Lipinski definition) is 2. The predicted octanol–water partition coefficient (Wildman–Crippen LogP) is 2.08. The summed E-state index contributed by atoms with van der Waals surface area (Å²) in [6.07, 6.45) is 6.89. The van der Waals surface area contributed by atoms with E-state index < -0.39 is 0 Å². The molecule has 1 aromatic rings. The molecule has 0 fully saturated rings. The minimum Gasteiger partial charge on any atom is -0.335 e. The van der Waals surface area contributed by atoms with Gasteiger partial charge < -0.3 is 9.88 Å². The zero-order valence-electron chi connectivity index (χ0n) is 9.40. The molecule has 3 nitrogen and oxygen atoms in total. The molecule has 0 aromatic carbocycles. The first-order chi connectivity index (χ1) is 6.70. The first kappa shape index (κ1) is 11.2. The Morgan fingerprint density at radius 3 is 2.71 bits per heavy atom. The van der Waals surface area contributed by atoms with Crippen molar-refractivity contribution in [2.75, 3.05) is 13.1 Å². The molecule has 1 rings (SSSR count). The van der Waals surface area contributed by atoms with Crippen LogP contribution in [0.15, 0.2) is 18.7 Å². The van der Waals surface area contributed by atoms with Crippen LogP contribution in [0.3, 0.4) is 0 Å². The molecule has 1 unspecified atom stereocenters. The molecular weight excluding hydrogens is 174 g/mol. The molecule has 0 saturated heterocycles. The van der Waals surface area contributed by atoms with Crippen molar-refractivity contribution < 1.29 is 0 Å². The van der Waals surface area contributed by atoms with Gasteiger partial charge in [-0.3, -0.25) is 0 Å². The summed E-state index contributed by atoms with van der Waals surface area (Å²) in [5, 5.41) is 3.44. The van der Waals surface area contributed by atoms with Gasteiger partial charge in [0.2, 0.25) is 0 Å². The number of hydrogen-bond donors (Lipinski definition) is 1. The van der Waals surface area contributed by atoms with Gasteiger partial charge >= 0.3 is 0 Å². The van der Waals surface area contributed by atoms with Crippen molar-refractivity contribution in [2.24, 2.45) is 5.92 Å². The lowest BCUT2D eigenvalue weighted by molar-refractivity contribution is 0.464. The van der Waals surface area contributed by atoms with Crippen LogP contribution in [0.5, 0.6) is 0 Å². The van der Waals surface area contributed by atoms with Crippen LogP contribution in [-0.4, -0.2) is 22.6 Å². The Balaban J connectivity index is 2.13. The van der Waals surface area contributed by atoms with Crippen molar-refractivity contribution in [3.05, 3.63) is 18.7 Å². The van der Waals surface area contributed by atoms with E-state index in [2.05, 4.69) is 35.6 Å². The fourth-order valence-electron chi connectivity index (χ4n) is 1.38. The monoisotopic (exact) mass is 195 g/mol. The molecule has 80 valence electrons. The second-order valence-electron chi connectivity index (χ2n) is 4.25. The van der Waals surface area contributed by atoms with Crippen LogP contribution in [0, 0.1) is 5.92 Å². The summed E-state index contributed by atoms with van der Waals surface area (Å²) in [6.45, 7) is 8.87. The maximum Gasteiger partial charge on any atom is 0.0948 e. The first-order valence-corrected chi connectivity index (χ1v) is 5.38. The van der Waals surface area contributed by atoms with Crippen LogP contribution >= 0.6 is 0 Å². The van der Waals surface area contributed by atoms with Gasteiger partial charge in [-0.25, -0.2) is 4.98 Å². The number of nitrogens with zero attached hydrogens (tertiary/aromatic N) is 2. The summed E-state index contributed by atoms with van der Waals surface area (Å²) in [5.41, 5.74) is 0. The van der Waals surface area contributed by atoms with Crippen molar-refractivity contribution in [3.63, 3.8) is 0 Å². The van der Waals surface area contributed by atoms with Crippen LogP contribution in [-0.2, 0) is 0 Å². The van der Waals surface area contributed by atoms with Crippen LogP contribution in [0.4, 0.5) is 0 Å². The molecule has 14 heavy (non-hydrogen) atoms. The normalized spacial score (nSPS) is 13.4. The quantitative estimate of drug-likeness (QED) is 0.704. The average Bonchev–Trinajstić information content (AvgIpc) is 2.64. The molecule has 0 saturated carbocycles. The number of aromatic nitrogens is 2. The van der Waals surface area contributed by atoms with E-state index in [1.54, 1.807) is 0 Å². The van der Waals surface area contributed by atoms with Gasteiger partial charge in [-0.15, -0.1) is 0 Å². The molecule has 0 aliphatic carbocycles. The Morgan fingerprint density at radius 1 is 1.36 bits per heavy atom. The van der Waals surface area contributed by atoms with Crippen LogP contribution in [0.25, 0.3) is 0 Å². The maximum atomic E-state index is 4.04. The molecule has 0 aliphatic heterocycles. The molecular formula is C11H21N3. The van der Waals surface area contributed by atoms with Crippen molar-refractivity contribution in [3.8, 4) is 0 Å². The molecule has 0 spiro atoms. The van der Waals surface area contributed by atoms with Crippen LogP contribution < -0.4 is 5.32 Å². The third-order valence-corrected chi connectivity index (χ3v) is 2.33. The van der Waals surface area contributed by atoms with E-state index in [-0.39, 0.29) is 0 Å². The van der Waals surface area contributed by atoms with E-state index in [0.29, 0.717) is 6.04 Å². The summed E-state index contributed by atoms with van der Waals surface area (Å²) in [5.74, 6) is 0.735. The Bertz CT molecular complexity index is 229. The van der Waals surface area contributed by atoms with Gasteiger partial charge in [0, 0.05) is 18.4 Å². The fourth-order valence-corrected chi connectivity index (χ4v) is 1.38. The summed E-state index contributed by atoms with van der Waals surface area (Å²) in [6, 6.07) is 0.539. The van der Waals surface area contributed by atoms with E-state index in [1.807, 2.05) is 18.7 Å². The average molecular weight is 195 g/mol. The lowest BCUT2D eigenvalue weighted by Crippen LogP contribution is -2.22. The largest absolute Gasteiger partial charge is 0.335 e. The molecule has 3 heteroatoms. The number of rotatable bonds is 6. The minimum absolute atomic E-state index is 0.539. The topological polar surface area (TPSA) is 29.9 Å². The SMILES string of the molecule is CC(C)CNCCC(C)n1ccnc1. The molecule has 1 atom stereocenters. The van der Waals surface area contributed by atoms with Gasteiger partial charge in [0.1, 0.15) is 0 Å². The lowest BCUT2D eigenvalue weighted by atomic mass is 10.2. The minimum atomic E-state index is 0.539. The van der Waals surface area contributed by atoms with E-state index in [1.165, 1.54) is 0 Å². The zero-order valence-corrected chi connectivity index (χ0v) is 9.40. The van der Waals surface area contributed by atoms with Crippen molar-refractivity contribution in [2.45, 2.75) is 33.2 Å². The zero-order chi connectivity index (χ0) is 10.4. The van der Waals surface area contributed by atoms with Crippen molar-refractivity contribution >= 4 is 0 Å². The Hall–Kier alpha value is -0.830. The van der Waals surface area contributed by atoms with Gasteiger partial charge in [0.05, 0.1) is 6.33 Å². The van der Waals surface area contributed by atoms with Gasteiger partial charge in [-0.05, 0) is 32.4 Å². The Morgan fingerprint density at radius 2 is 2.14 bits per heavy atom. The lowest BCUT2D eigenvalue weighted by Gasteiger charge is -2.14. The number of imidazole rings is 1. The Kier molecular flexibility index (Phi) is 4.66. The summed E-state index contributed by atoms with van der Waals surface area (Å²) < 4.78 is 2.15. The first-order valence-electron chi connectivity index (χ1n) is 5.38. The van der Waals surface area contributed by atoms with Crippen LogP contribution in [0.1, 0.15) is 33.2 Å². The third-order valence-electron chi connectivity index (χ3n) is 2.33. The van der Waals surface area contributed by atoms with E-state index in [0.717, 1.165) is 25.4 Å². The van der Waals surface area contributed by atoms with Crippen molar-refractivity contribution in [1.82, 2.24) is 14.9 Å². The second-order valence-corrected chi connectivity index (χ2v) is 4.25. The molecule has 0 bridgehead atoms. The highest BCUT2D eigenvalue weighted by Gasteiger charge is 2.02. The summed E-state index contributed by atoms with van der Waals surface area (Å²) >= 11 is 0. The Labute approximate surface area is 86.5 Å².